The van der Waals surface area contributed by atoms with E-state index in [0.717, 1.165) is 42.7 Å². The lowest BCUT2D eigenvalue weighted by Gasteiger charge is -2.20. The fourth-order valence-electron chi connectivity index (χ4n) is 2.85. The lowest BCUT2D eigenvalue weighted by Crippen LogP contribution is -2.37. The number of carbonyl (C=O) groups excluding carboxylic acids is 1. The van der Waals surface area contributed by atoms with Gasteiger partial charge in [-0.05, 0) is 43.9 Å². The van der Waals surface area contributed by atoms with Crippen LogP contribution in [0.5, 0.6) is 0 Å². The summed E-state index contributed by atoms with van der Waals surface area (Å²) in [6.45, 7) is 1.59. The molecule has 1 aromatic carbocycles. The number of fused-ring (bicyclic) bond motifs is 1. The highest BCUT2D eigenvalue weighted by atomic mass is 19.2. The van der Waals surface area contributed by atoms with Crippen LogP contribution in [0.15, 0.2) is 18.2 Å². The number of halogens is 2. The summed E-state index contributed by atoms with van der Waals surface area (Å²) in [5.41, 5.74) is 2.42. The average molecular weight is 321 g/mol. The van der Waals surface area contributed by atoms with Gasteiger partial charge in [0.1, 0.15) is 0 Å². The van der Waals surface area contributed by atoms with Gasteiger partial charge < -0.3 is 10.4 Å². The monoisotopic (exact) mass is 321 g/mol. The quantitative estimate of drug-likeness (QED) is 0.806. The number of aryl methyl sites for hydroxylation is 1. The van der Waals surface area contributed by atoms with E-state index < -0.39 is 29.7 Å². The molecule has 0 radical (unpaired) electrons. The molecule has 5 nitrogen and oxygen atoms in total. The number of aliphatic hydroxyl groups is 1. The number of hydrogen-bond donors (Lipinski definition) is 3. The summed E-state index contributed by atoms with van der Waals surface area (Å²) in [5, 5.41) is 19.7. The van der Waals surface area contributed by atoms with E-state index >= 15 is 0 Å². The molecule has 2 atom stereocenters. The van der Waals surface area contributed by atoms with Crippen LogP contribution in [0, 0.1) is 11.6 Å². The summed E-state index contributed by atoms with van der Waals surface area (Å²) in [5.74, 6) is -2.41. The van der Waals surface area contributed by atoms with Crippen molar-refractivity contribution in [1.29, 1.82) is 0 Å². The van der Waals surface area contributed by atoms with E-state index in [0.29, 0.717) is 5.69 Å². The molecule has 0 fully saturated rings. The van der Waals surface area contributed by atoms with Gasteiger partial charge >= 0.3 is 0 Å². The van der Waals surface area contributed by atoms with Crippen LogP contribution in [0.3, 0.4) is 0 Å². The van der Waals surface area contributed by atoms with Crippen LogP contribution in [0.2, 0.25) is 0 Å². The SMILES string of the molecule is CC(NC(=O)c1n[nH]c2c1CCC2)C(O)c1ccc(F)c(F)c1. The minimum atomic E-state index is -1.15. The second-order valence-electron chi connectivity index (χ2n) is 5.76. The fourth-order valence-corrected chi connectivity index (χ4v) is 2.85. The van der Waals surface area contributed by atoms with Crippen molar-refractivity contribution in [3.05, 3.63) is 52.3 Å². The van der Waals surface area contributed by atoms with E-state index in [4.69, 9.17) is 0 Å². The number of H-pyrrole nitrogens is 1. The normalized spacial score (nSPS) is 16.0. The van der Waals surface area contributed by atoms with Crippen LogP contribution in [0.1, 0.15) is 46.8 Å². The van der Waals surface area contributed by atoms with Crippen LogP contribution in [-0.4, -0.2) is 27.3 Å². The van der Waals surface area contributed by atoms with Gasteiger partial charge in [0.25, 0.3) is 5.91 Å². The third-order valence-electron chi connectivity index (χ3n) is 4.14. The van der Waals surface area contributed by atoms with Gasteiger partial charge in [0, 0.05) is 11.3 Å². The van der Waals surface area contributed by atoms with Crippen molar-refractivity contribution >= 4 is 5.91 Å². The molecule has 2 unspecified atom stereocenters. The molecule has 0 saturated carbocycles. The van der Waals surface area contributed by atoms with Crippen molar-refractivity contribution in [3.8, 4) is 0 Å². The van der Waals surface area contributed by atoms with Crippen LogP contribution in [-0.2, 0) is 12.8 Å². The van der Waals surface area contributed by atoms with Gasteiger partial charge in [-0.25, -0.2) is 8.78 Å². The molecule has 0 aliphatic heterocycles. The fraction of sp³-hybridized carbons (Fsp3) is 0.375. The Morgan fingerprint density at radius 2 is 2.13 bits per heavy atom. The third-order valence-corrected chi connectivity index (χ3v) is 4.14. The Morgan fingerprint density at radius 1 is 1.35 bits per heavy atom. The van der Waals surface area contributed by atoms with Gasteiger partial charge in [-0.3, -0.25) is 9.89 Å². The van der Waals surface area contributed by atoms with Crippen molar-refractivity contribution in [2.24, 2.45) is 0 Å². The van der Waals surface area contributed by atoms with Crippen molar-refractivity contribution in [3.63, 3.8) is 0 Å². The topological polar surface area (TPSA) is 78.0 Å². The van der Waals surface area contributed by atoms with Crippen LogP contribution < -0.4 is 5.32 Å². The van der Waals surface area contributed by atoms with Gasteiger partial charge in [0.05, 0.1) is 12.1 Å². The summed E-state index contributed by atoms with van der Waals surface area (Å²) < 4.78 is 26.2. The predicted octanol–water partition coefficient (Wildman–Crippen LogP) is 2.03. The van der Waals surface area contributed by atoms with Crippen LogP contribution in [0.4, 0.5) is 8.78 Å². The first-order valence-corrected chi connectivity index (χ1v) is 7.47. The number of hydrogen-bond acceptors (Lipinski definition) is 3. The molecule has 3 N–H and O–H groups in total. The highest BCUT2D eigenvalue weighted by molar-refractivity contribution is 5.94. The lowest BCUT2D eigenvalue weighted by atomic mass is 10.0. The Kier molecular flexibility index (Phi) is 4.12. The van der Waals surface area contributed by atoms with Crippen LogP contribution >= 0.6 is 0 Å². The molecule has 1 heterocycles. The van der Waals surface area contributed by atoms with E-state index in [1.807, 2.05) is 0 Å². The molecule has 1 aromatic heterocycles. The molecular formula is C16H17F2N3O2. The molecule has 3 rings (SSSR count). The zero-order valence-corrected chi connectivity index (χ0v) is 12.6. The highest BCUT2D eigenvalue weighted by Crippen LogP contribution is 2.24. The standard InChI is InChI=1S/C16H17F2N3O2/c1-8(15(22)9-5-6-11(17)12(18)7-9)19-16(23)14-10-3-2-4-13(10)20-21-14/h5-8,15,22H,2-4H2,1H3,(H,19,23)(H,20,21). The minimum absolute atomic E-state index is 0.198. The first kappa shape index (κ1) is 15.6. The molecular weight excluding hydrogens is 304 g/mol. The number of aromatic amines is 1. The maximum atomic E-state index is 13.3. The highest BCUT2D eigenvalue weighted by Gasteiger charge is 2.26. The van der Waals surface area contributed by atoms with Gasteiger partial charge in [-0.15, -0.1) is 0 Å². The molecule has 0 saturated heterocycles. The average Bonchev–Trinajstić information content (AvgIpc) is 3.12. The predicted molar refractivity (Wildman–Crippen MR) is 78.9 cm³/mol. The van der Waals surface area contributed by atoms with Crippen molar-refractivity contribution in [2.75, 3.05) is 0 Å². The van der Waals surface area contributed by atoms with E-state index in [-0.39, 0.29) is 5.56 Å². The molecule has 1 amide bonds. The number of aromatic nitrogens is 2. The van der Waals surface area contributed by atoms with E-state index in [1.165, 1.54) is 6.07 Å². The van der Waals surface area contributed by atoms with Gasteiger partial charge in [0.15, 0.2) is 17.3 Å². The van der Waals surface area contributed by atoms with E-state index in [1.54, 1.807) is 6.92 Å². The zero-order chi connectivity index (χ0) is 16.6. The van der Waals surface area contributed by atoms with Crippen molar-refractivity contribution in [2.45, 2.75) is 38.3 Å². The van der Waals surface area contributed by atoms with Gasteiger partial charge in [-0.2, -0.15) is 5.10 Å². The largest absolute Gasteiger partial charge is 0.386 e. The van der Waals surface area contributed by atoms with Gasteiger partial charge in [-0.1, -0.05) is 6.07 Å². The molecule has 1 aliphatic rings. The second kappa shape index (κ2) is 6.08. The summed E-state index contributed by atoms with van der Waals surface area (Å²) in [7, 11) is 0. The zero-order valence-electron chi connectivity index (χ0n) is 12.6. The number of nitrogens with zero attached hydrogens (tertiary/aromatic N) is 1. The third kappa shape index (κ3) is 2.96. The first-order chi connectivity index (χ1) is 11.0. The Balaban J connectivity index is 1.71. The molecule has 2 aromatic rings. The Hall–Kier alpha value is -2.28. The number of amides is 1. The Bertz CT molecular complexity index is 745. The minimum Gasteiger partial charge on any atom is -0.386 e. The maximum Gasteiger partial charge on any atom is 0.272 e. The summed E-state index contributed by atoms with van der Waals surface area (Å²) in [4.78, 5) is 12.3. The second-order valence-corrected chi connectivity index (χ2v) is 5.76. The number of benzene rings is 1. The number of aliphatic hydroxyl groups excluding tert-OH is 1. The van der Waals surface area contributed by atoms with E-state index in [2.05, 4.69) is 15.5 Å². The summed E-state index contributed by atoms with van der Waals surface area (Å²) in [6, 6.07) is 2.48. The summed E-state index contributed by atoms with van der Waals surface area (Å²) >= 11 is 0. The van der Waals surface area contributed by atoms with Gasteiger partial charge in [0.2, 0.25) is 0 Å². The molecule has 0 spiro atoms. The number of nitrogens with one attached hydrogen (secondary N) is 2. The van der Waals surface area contributed by atoms with Crippen molar-refractivity contribution in [1.82, 2.24) is 15.5 Å². The van der Waals surface area contributed by atoms with Crippen LogP contribution in [0.25, 0.3) is 0 Å². The smallest absolute Gasteiger partial charge is 0.272 e. The molecule has 1 aliphatic carbocycles. The summed E-state index contributed by atoms with van der Waals surface area (Å²) in [6.07, 6.45) is 1.51. The van der Waals surface area contributed by atoms with Crippen molar-refractivity contribution < 1.29 is 18.7 Å². The lowest BCUT2D eigenvalue weighted by molar-refractivity contribution is 0.0846. The maximum absolute atomic E-state index is 13.3. The van der Waals surface area contributed by atoms with E-state index in [9.17, 15) is 18.7 Å². The Morgan fingerprint density at radius 3 is 2.87 bits per heavy atom. The Labute approximate surface area is 131 Å². The molecule has 7 heteroatoms. The molecule has 23 heavy (non-hydrogen) atoms. The number of carbonyl (C=O) groups is 1. The number of rotatable bonds is 4. The molecule has 0 bridgehead atoms. The molecule has 122 valence electrons. The first-order valence-electron chi connectivity index (χ1n) is 7.47.